The first-order valence-electron chi connectivity index (χ1n) is 6.23. The van der Waals surface area contributed by atoms with Gasteiger partial charge in [0.15, 0.2) is 5.82 Å². The van der Waals surface area contributed by atoms with Gasteiger partial charge in [0, 0.05) is 14.9 Å². The fourth-order valence-electron chi connectivity index (χ4n) is 2.26. The van der Waals surface area contributed by atoms with Gasteiger partial charge in [-0.2, -0.15) is 0 Å². The Morgan fingerprint density at radius 3 is 2.65 bits per heavy atom. The van der Waals surface area contributed by atoms with Gasteiger partial charge in [0.25, 0.3) is 0 Å². The molecule has 0 aliphatic carbocycles. The van der Waals surface area contributed by atoms with Crippen molar-refractivity contribution in [2.45, 2.75) is 13.3 Å². The molecule has 0 aliphatic rings. The van der Waals surface area contributed by atoms with Crippen LogP contribution in [0.15, 0.2) is 35.1 Å². The van der Waals surface area contributed by atoms with Crippen molar-refractivity contribution in [1.82, 2.24) is 9.97 Å². The molecule has 3 aromatic rings. The van der Waals surface area contributed by atoms with E-state index in [2.05, 4.69) is 50.4 Å². The number of nitrogens with two attached hydrogens (primary N) is 1. The summed E-state index contributed by atoms with van der Waals surface area (Å²) in [5.41, 5.74) is 5.00. The van der Waals surface area contributed by atoms with Gasteiger partial charge in [0.2, 0.25) is 0 Å². The number of hydrogen-bond acceptors (Lipinski definition) is 5. The molecule has 0 atom stereocenters. The smallest absolute Gasteiger partial charge is 0.152 e. The topological polar surface area (TPSA) is 63.8 Å². The predicted octanol–water partition coefficient (Wildman–Crippen LogP) is 3.97. The lowest BCUT2D eigenvalue weighted by Gasteiger charge is -2.06. The van der Waals surface area contributed by atoms with Gasteiger partial charge >= 0.3 is 0 Å². The number of anilines is 1. The Kier molecular flexibility index (Phi) is 3.69. The standard InChI is InChI=1S/C14H13BrN4S/c1-2-10-11(8-3-5-9(15)6-4-8)12-13(19-16)17-7-18-14(12)20-10/h3-7H,2,16H2,1H3,(H,17,18,19). The van der Waals surface area contributed by atoms with E-state index in [1.165, 1.54) is 10.4 Å². The molecule has 0 saturated heterocycles. The Morgan fingerprint density at radius 2 is 2.00 bits per heavy atom. The summed E-state index contributed by atoms with van der Waals surface area (Å²) in [6, 6.07) is 8.27. The molecule has 0 saturated carbocycles. The molecule has 0 unspecified atom stereocenters. The number of hydrazine groups is 1. The first-order valence-corrected chi connectivity index (χ1v) is 7.84. The third kappa shape index (κ3) is 2.19. The van der Waals surface area contributed by atoms with Crippen LogP contribution in [-0.2, 0) is 6.42 Å². The van der Waals surface area contributed by atoms with Crippen LogP contribution >= 0.6 is 27.3 Å². The number of rotatable bonds is 3. The number of hydrogen-bond donors (Lipinski definition) is 2. The molecule has 3 rings (SSSR count). The van der Waals surface area contributed by atoms with Crippen LogP contribution < -0.4 is 11.3 Å². The highest BCUT2D eigenvalue weighted by atomic mass is 79.9. The van der Waals surface area contributed by atoms with Gasteiger partial charge in [-0.25, -0.2) is 15.8 Å². The Bertz CT molecular complexity index is 752. The lowest BCUT2D eigenvalue weighted by Crippen LogP contribution is -2.09. The Hall–Kier alpha value is -1.50. The molecule has 0 aliphatic heterocycles. The third-order valence-corrected chi connectivity index (χ3v) is 4.92. The maximum atomic E-state index is 5.59. The van der Waals surface area contributed by atoms with E-state index in [4.69, 9.17) is 5.84 Å². The molecule has 20 heavy (non-hydrogen) atoms. The van der Waals surface area contributed by atoms with Crippen LogP contribution in [0.3, 0.4) is 0 Å². The molecule has 2 heterocycles. The zero-order chi connectivity index (χ0) is 14.1. The first kappa shape index (κ1) is 13.5. The summed E-state index contributed by atoms with van der Waals surface area (Å²) in [4.78, 5) is 10.8. The number of fused-ring (bicyclic) bond motifs is 1. The molecule has 102 valence electrons. The van der Waals surface area contributed by atoms with Crippen molar-refractivity contribution < 1.29 is 0 Å². The number of nitrogens with zero attached hydrogens (tertiary/aromatic N) is 2. The molecule has 1 aromatic carbocycles. The van der Waals surface area contributed by atoms with Crippen molar-refractivity contribution >= 4 is 43.3 Å². The van der Waals surface area contributed by atoms with E-state index in [1.54, 1.807) is 17.7 Å². The molecular weight excluding hydrogens is 336 g/mol. The van der Waals surface area contributed by atoms with Crippen molar-refractivity contribution in [1.29, 1.82) is 0 Å². The molecule has 0 bridgehead atoms. The summed E-state index contributed by atoms with van der Waals surface area (Å²) in [6.07, 6.45) is 2.50. The van der Waals surface area contributed by atoms with Crippen molar-refractivity contribution in [2.75, 3.05) is 5.43 Å². The van der Waals surface area contributed by atoms with E-state index in [-0.39, 0.29) is 0 Å². The zero-order valence-corrected chi connectivity index (χ0v) is 13.3. The SMILES string of the molecule is CCc1sc2ncnc(NN)c2c1-c1ccc(Br)cc1. The maximum absolute atomic E-state index is 5.59. The largest absolute Gasteiger partial charge is 0.308 e. The summed E-state index contributed by atoms with van der Waals surface area (Å²) >= 11 is 5.16. The van der Waals surface area contributed by atoms with Gasteiger partial charge in [-0.1, -0.05) is 35.0 Å². The van der Waals surface area contributed by atoms with Gasteiger partial charge in [-0.05, 0) is 24.1 Å². The second kappa shape index (κ2) is 5.47. The quantitative estimate of drug-likeness (QED) is 0.555. The fourth-order valence-corrected chi connectivity index (χ4v) is 3.62. The predicted molar refractivity (Wildman–Crippen MR) is 87.7 cm³/mol. The Balaban J connectivity index is 2.34. The van der Waals surface area contributed by atoms with E-state index >= 15 is 0 Å². The molecule has 2 aromatic heterocycles. The Labute approximate surface area is 129 Å². The van der Waals surface area contributed by atoms with Crippen LogP contribution in [0.1, 0.15) is 11.8 Å². The number of thiophene rings is 1. The minimum atomic E-state index is 0.670. The van der Waals surface area contributed by atoms with E-state index in [0.717, 1.165) is 26.7 Å². The third-order valence-electron chi connectivity index (χ3n) is 3.15. The van der Waals surface area contributed by atoms with Gasteiger partial charge in [0.05, 0.1) is 5.39 Å². The monoisotopic (exact) mass is 348 g/mol. The molecule has 6 heteroatoms. The first-order chi connectivity index (χ1) is 9.74. The zero-order valence-electron chi connectivity index (χ0n) is 10.9. The lowest BCUT2D eigenvalue weighted by atomic mass is 10.0. The number of benzene rings is 1. The highest BCUT2D eigenvalue weighted by molar-refractivity contribution is 9.10. The lowest BCUT2D eigenvalue weighted by molar-refractivity contribution is 1.18. The summed E-state index contributed by atoms with van der Waals surface area (Å²) in [5.74, 6) is 6.26. The van der Waals surface area contributed by atoms with Gasteiger partial charge < -0.3 is 5.43 Å². The van der Waals surface area contributed by atoms with E-state index < -0.39 is 0 Å². The minimum Gasteiger partial charge on any atom is -0.308 e. The van der Waals surface area contributed by atoms with Crippen LogP contribution in [0, 0.1) is 0 Å². The highest BCUT2D eigenvalue weighted by Gasteiger charge is 2.17. The van der Waals surface area contributed by atoms with Crippen LogP contribution in [0.25, 0.3) is 21.3 Å². The number of nitrogen functional groups attached to an aromatic ring is 1. The maximum Gasteiger partial charge on any atom is 0.152 e. The number of nitrogens with one attached hydrogen (secondary N) is 1. The van der Waals surface area contributed by atoms with Gasteiger partial charge in [0.1, 0.15) is 11.2 Å². The summed E-state index contributed by atoms with van der Waals surface area (Å²) in [6.45, 7) is 2.15. The average Bonchev–Trinajstić information content (AvgIpc) is 2.86. The van der Waals surface area contributed by atoms with E-state index in [1.807, 2.05) is 12.1 Å². The molecule has 0 radical (unpaired) electrons. The van der Waals surface area contributed by atoms with Crippen LogP contribution in [0.4, 0.5) is 5.82 Å². The molecule has 3 N–H and O–H groups in total. The van der Waals surface area contributed by atoms with Crippen molar-refractivity contribution in [3.63, 3.8) is 0 Å². The molecule has 0 fully saturated rings. The number of aromatic nitrogens is 2. The normalized spacial score (nSPS) is 10.9. The summed E-state index contributed by atoms with van der Waals surface area (Å²) in [7, 11) is 0. The second-order valence-corrected chi connectivity index (χ2v) is 6.31. The van der Waals surface area contributed by atoms with Crippen LogP contribution in [0.2, 0.25) is 0 Å². The molecule has 0 spiro atoms. The Morgan fingerprint density at radius 1 is 1.25 bits per heavy atom. The van der Waals surface area contributed by atoms with Gasteiger partial charge in [-0.15, -0.1) is 11.3 Å². The van der Waals surface area contributed by atoms with E-state index in [0.29, 0.717) is 5.82 Å². The highest BCUT2D eigenvalue weighted by Crippen LogP contribution is 2.41. The number of halogens is 1. The average molecular weight is 349 g/mol. The summed E-state index contributed by atoms with van der Waals surface area (Å²) in [5, 5.41) is 0.999. The minimum absolute atomic E-state index is 0.670. The van der Waals surface area contributed by atoms with Crippen LogP contribution in [-0.4, -0.2) is 9.97 Å². The van der Waals surface area contributed by atoms with Crippen molar-refractivity contribution in [3.8, 4) is 11.1 Å². The molecule has 0 amide bonds. The summed E-state index contributed by atoms with van der Waals surface area (Å²) < 4.78 is 1.06. The molecule has 4 nitrogen and oxygen atoms in total. The van der Waals surface area contributed by atoms with E-state index in [9.17, 15) is 0 Å². The fraction of sp³-hybridized carbons (Fsp3) is 0.143. The number of aryl methyl sites for hydroxylation is 1. The van der Waals surface area contributed by atoms with Crippen LogP contribution in [0.5, 0.6) is 0 Å². The van der Waals surface area contributed by atoms with Crippen molar-refractivity contribution in [2.24, 2.45) is 5.84 Å². The van der Waals surface area contributed by atoms with Gasteiger partial charge in [-0.3, -0.25) is 0 Å². The second-order valence-electron chi connectivity index (χ2n) is 4.31. The molecular formula is C14H13BrN4S. The van der Waals surface area contributed by atoms with Crippen molar-refractivity contribution in [3.05, 3.63) is 39.9 Å².